The van der Waals surface area contributed by atoms with Gasteiger partial charge in [0.15, 0.2) is 0 Å². The van der Waals surface area contributed by atoms with Crippen LogP contribution in [0.1, 0.15) is 54.6 Å². The van der Waals surface area contributed by atoms with Crippen LogP contribution in [0.4, 0.5) is 5.82 Å². The number of carboxylic acid groups (broad SMARTS) is 1. The smallest absolute Gasteiger partial charge is 0.303 e. The average molecular weight is 554 g/mol. The van der Waals surface area contributed by atoms with Crippen LogP contribution in [0.25, 0.3) is 0 Å². The second-order valence-electron chi connectivity index (χ2n) is 8.61. The SMILES string of the molecule is CCN(Cc1cc(Br)ccc1OCc1ccccc1)c1ccc(C(=O)NC(C)CCCC(=O)O)cn1. The van der Waals surface area contributed by atoms with E-state index in [1.165, 1.54) is 0 Å². The van der Waals surface area contributed by atoms with E-state index in [4.69, 9.17) is 9.84 Å². The molecule has 7 nitrogen and oxygen atoms in total. The third kappa shape index (κ3) is 8.37. The van der Waals surface area contributed by atoms with Crippen molar-refractivity contribution in [3.63, 3.8) is 0 Å². The highest BCUT2D eigenvalue weighted by atomic mass is 79.9. The van der Waals surface area contributed by atoms with Gasteiger partial charge in [0.1, 0.15) is 18.2 Å². The fourth-order valence-corrected chi connectivity index (χ4v) is 4.16. The molecule has 0 aliphatic carbocycles. The summed E-state index contributed by atoms with van der Waals surface area (Å²) in [5.74, 6) is 0.529. The number of carbonyl (C=O) groups is 2. The Morgan fingerprint density at radius 1 is 1.14 bits per heavy atom. The van der Waals surface area contributed by atoms with E-state index in [1.807, 2.05) is 55.5 Å². The van der Waals surface area contributed by atoms with Gasteiger partial charge in [-0.3, -0.25) is 9.59 Å². The van der Waals surface area contributed by atoms with Gasteiger partial charge in [-0.15, -0.1) is 0 Å². The second kappa shape index (κ2) is 13.6. The zero-order valence-corrected chi connectivity index (χ0v) is 22.2. The van der Waals surface area contributed by atoms with Gasteiger partial charge in [0.2, 0.25) is 0 Å². The zero-order valence-electron chi connectivity index (χ0n) is 20.6. The minimum atomic E-state index is -0.827. The molecule has 0 fully saturated rings. The molecule has 3 aromatic rings. The van der Waals surface area contributed by atoms with Crippen LogP contribution in [0.2, 0.25) is 0 Å². The number of ether oxygens (including phenoxy) is 1. The lowest BCUT2D eigenvalue weighted by molar-refractivity contribution is -0.137. The summed E-state index contributed by atoms with van der Waals surface area (Å²) in [5, 5.41) is 11.7. The fraction of sp³-hybridized carbons (Fsp3) is 0.321. The van der Waals surface area contributed by atoms with Crippen molar-refractivity contribution in [2.75, 3.05) is 11.4 Å². The third-order valence-electron chi connectivity index (χ3n) is 5.74. The molecule has 36 heavy (non-hydrogen) atoms. The van der Waals surface area contributed by atoms with Crippen LogP contribution in [0.5, 0.6) is 5.75 Å². The van der Waals surface area contributed by atoms with Gasteiger partial charge in [0.05, 0.1) is 5.56 Å². The maximum absolute atomic E-state index is 12.6. The predicted octanol–water partition coefficient (Wildman–Crippen LogP) is 5.82. The topological polar surface area (TPSA) is 91.8 Å². The van der Waals surface area contributed by atoms with E-state index in [2.05, 4.69) is 44.1 Å². The largest absolute Gasteiger partial charge is 0.489 e. The van der Waals surface area contributed by atoms with Crippen molar-refractivity contribution >= 4 is 33.6 Å². The molecule has 0 saturated carbocycles. The number of carbonyl (C=O) groups excluding carboxylic acids is 1. The quantitative estimate of drug-likeness (QED) is 0.277. The van der Waals surface area contributed by atoms with E-state index in [-0.39, 0.29) is 18.4 Å². The molecular weight excluding hydrogens is 522 g/mol. The van der Waals surface area contributed by atoms with Crippen LogP contribution < -0.4 is 15.0 Å². The Morgan fingerprint density at radius 3 is 2.58 bits per heavy atom. The van der Waals surface area contributed by atoms with Gasteiger partial charge >= 0.3 is 5.97 Å². The molecule has 1 aromatic heterocycles. The lowest BCUT2D eigenvalue weighted by Crippen LogP contribution is -2.32. The molecule has 0 spiro atoms. The molecule has 2 N–H and O–H groups in total. The molecule has 1 unspecified atom stereocenters. The lowest BCUT2D eigenvalue weighted by Gasteiger charge is -2.24. The average Bonchev–Trinajstić information content (AvgIpc) is 2.87. The summed E-state index contributed by atoms with van der Waals surface area (Å²) < 4.78 is 7.11. The summed E-state index contributed by atoms with van der Waals surface area (Å²) in [4.78, 5) is 29.9. The Kier molecular flexibility index (Phi) is 10.3. The van der Waals surface area contributed by atoms with E-state index < -0.39 is 5.97 Å². The number of rotatable bonds is 13. The molecule has 3 rings (SSSR count). The maximum atomic E-state index is 12.6. The third-order valence-corrected chi connectivity index (χ3v) is 6.24. The molecule has 190 valence electrons. The molecule has 0 radical (unpaired) electrons. The number of hydrogen-bond acceptors (Lipinski definition) is 5. The van der Waals surface area contributed by atoms with E-state index in [0.29, 0.717) is 31.6 Å². The zero-order chi connectivity index (χ0) is 25.9. The second-order valence-corrected chi connectivity index (χ2v) is 9.52. The van der Waals surface area contributed by atoms with Gasteiger partial charge in [-0.2, -0.15) is 0 Å². The highest BCUT2D eigenvalue weighted by Gasteiger charge is 2.15. The van der Waals surface area contributed by atoms with Crippen molar-refractivity contribution in [1.82, 2.24) is 10.3 Å². The Morgan fingerprint density at radius 2 is 1.92 bits per heavy atom. The number of hydrogen-bond donors (Lipinski definition) is 2. The molecule has 1 amide bonds. The molecule has 0 bridgehead atoms. The Balaban J connectivity index is 1.64. The first kappa shape index (κ1) is 27.2. The van der Waals surface area contributed by atoms with Crippen molar-refractivity contribution in [2.45, 2.75) is 52.3 Å². The molecular formula is C28H32BrN3O4. The van der Waals surface area contributed by atoms with Gasteiger partial charge in [0, 0.05) is 41.8 Å². The van der Waals surface area contributed by atoms with Crippen LogP contribution in [0.3, 0.4) is 0 Å². The number of aromatic nitrogens is 1. The van der Waals surface area contributed by atoms with Crippen LogP contribution >= 0.6 is 15.9 Å². The summed E-state index contributed by atoms with van der Waals surface area (Å²) in [6.45, 7) is 5.74. The molecule has 1 heterocycles. The summed E-state index contributed by atoms with van der Waals surface area (Å²) >= 11 is 3.56. The highest BCUT2D eigenvalue weighted by molar-refractivity contribution is 9.10. The summed E-state index contributed by atoms with van der Waals surface area (Å²) in [7, 11) is 0. The van der Waals surface area contributed by atoms with Crippen LogP contribution in [-0.2, 0) is 17.9 Å². The van der Waals surface area contributed by atoms with Crippen LogP contribution in [0.15, 0.2) is 71.3 Å². The van der Waals surface area contributed by atoms with Gasteiger partial charge < -0.3 is 20.1 Å². The van der Waals surface area contributed by atoms with Gasteiger partial charge in [0.25, 0.3) is 5.91 Å². The molecule has 0 aliphatic rings. The van der Waals surface area contributed by atoms with Crippen LogP contribution in [-0.4, -0.2) is 34.6 Å². The Labute approximate surface area is 220 Å². The van der Waals surface area contributed by atoms with Crippen LogP contribution in [0, 0.1) is 0 Å². The number of nitrogens with zero attached hydrogens (tertiary/aromatic N) is 2. The van der Waals surface area contributed by atoms with E-state index in [0.717, 1.165) is 33.7 Å². The molecule has 8 heteroatoms. The summed E-state index contributed by atoms with van der Waals surface area (Å²) in [6.07, 6.45) is 2.80. The first-order valence-electron chi connectivity index (χ1n) is 12.0. The molecule has 2 aromatic carbocycles. The fourth-order valence-electron chi connectivity index (χ4n) is 3.75. The lowest BCUT2D eigenvalue weighted by atomic mass is 10.1. The molecule has 1 atom stereocenters. The molecule has 0 aliphatic heterocycles. The number of anilines is 1. The number of benzene rings is 2. The Hall–Kier alpha value is -3.39. The van der Waals surface area contributed by atoms with Crippen molar-refractivity contribution in [3.05, 3.63) is 88.0 Å². The summed E-state index contributed by atoms with van der Waals surface area (Å²) in [5.41, 5.74) is 2.60. The number of amides is 1. The predicted molar refractivity (Wildman–Crippen MR) is 144 cm³/mol. The van der Waals surface area contributed by atoms with Gasteiger partial charge in [-0.25, -0.2) is 4.98 Å². The van der Waals surface area contributed by atoms with Crippen molar-refractivity contribution in [2.24, 2.45) is 0 Å². The van der Waals surface area contributed by atoms with E-state index >= 15 is 0 Å². The maximum Gasteiger partial charge on any atom is 0.303 e. The number of nitrogens with one attached hydrogen (secondary N) is 1. The number of carboxylic acids is 1. The highest BCUT2D eigenvalue weighted by Crippen LogP contribution is 2.27. The number of pyridine rings is 1. The number of aliphatic carboxylic acids is 1. The number of halogens is 1. The van der Waals surface area contributed by atoms with Gasteiger partial charge in [-0.1, -0.05) is 46.3 Å². The standard InChI is InChI=1S/C28H32BrN3O4/c1-3-32(18-23-16-24(29)13-14-25(23)36-19-21-9-5-4-6-10-21)26-15-12-22(17-30-26)28(35)31-20(2)8-7-11-27(33)34/h4-6,9-10,12-17,20H,3,7-8,11,18-19H2,1-2H3,(H,31,35)(H,33,34). The first-order chi connectivity index (χ1) is 17.4. The van der Waals surface area contributed by atoms with E-state index in [9.17, 15) is 9.59 Å². The minimum Gasteiger partial charge on any atom is -0.489 e. The normalized spacial score (nSPS) is 11.5. The van der Waals surface area contributed by atoms with Crippen molar-refractivity contribution < 1.29 is 19.4 Å². The minimum absolute atomic E-state index is 0.0975. The summed E-state index contributed by atoms with van der Waals surface area (Å²) in [6, 6.07) is 19.5. The monoisotopic (exact) mass is 553 g/mol. The van der Waals surface area contributed by atoms with E-state index in [1.54, 1.807) is 12.3 Å². The van der Waals surface area contributed by atoms with Crippen molar-refractivity contribution in [3.8, 4) is 5.75 Å². The van der Waals surface area contributed by atoms with Gasteiger partial charge in [-0.05, 0) is 62.6 Å². The van der Waals surface area contributed by atoms with Crippen molar-refractivity contribution in [1.29, 1.82) is 0 Å². The molecule has 0 saturated heterocycles. The Bertz CT molecular complexity index is 1140. The first-order valence-corrected chi connectivity index (χ1v) is 12.8.